The molecule has 2 heterocycles. The standard InChI is InChI=1S/C22H19N5/c1-2-6-16(7-3-1)18-12-19-17-8-4-5-9-20(17)26-22(19)13-21(18)24-10-11-27-15-23-14-25-27/h1-9,12-15,24,26H,10-11H2. The van der Waals surface area contributed by atoms with Crippen LogP contribution < -0.4 is 5.32 Å². The molecule has 5 nitrogen and oxygen atoms in total. The van der Waals surface area contributed by atoms with Crippen molar-refractivity contribution in [1.82, 2.24) is 19.7 Å². The van der Waals surface area contributed by atoms with Crippen LogP contribution in [0.4, 0.5) is 5.69 Å². The van der Waals surface area contributed by atoms with E-state index >= 15 is 0 Å². The van der Waals surface area contributed by atoms with E-state index in [2.05, 4.69) is 81.0 Å². The molecule has 0 saturated carbocycles. The van der Waals surface area contributed by atoms with E-state index in [4.69, 9.17) is 0 Å². The van der Waals surface area contributed by atoms with E-state index in [1.165, 1.54) is 21.9 Å². The highest BCUT2D eigenvalue weighted by atomic mass is 15.3. The predicted molar refractivity (Wildman–Crippen MR) is 110 cm³/mol. The third-order valence-corrected chi connectivity index (χ3v) is 4.85. The molecule has 0 saturated heterocycles. The first-order chi connectivity index (χ1) is 13.4. The second kappa shape index (κ2) is 6.61. The fourth-order valence-electron chi connectivity index (χ4n) is 3.55. The maximum absolute atomic E-state index is 4.17. The fraction of sp³-hybridized carbons (Fsp3) is 0.0909. The van der Waals surface area contributed by atoms with Gasteiger partial charge in [-0.05, 0) is 23.8 Å². The second-order valence-corrected chi connectivity index (χ2v) is 6.57. The largest absolute Gasteiger partial charge is 0.383 e. The van der Waals surface area contributed by atoms with E-state index in [0.29, 0.717) is 0 Å². The van der Waals surface area contributed by atoms with E-state index in [0.717, 1.165) is 29.8 Å². The van der Waals surface area contributed by atoms with Crippen molar-refractivity contribution >= 4 is 27.5 Å². The lowest BCUT2D eigenvalue weighted by Gasteiger charge is -2.13. The maximum Gasteiger partial charge on any atom is 0.137 e. The summed E-state index contributed by atoms with van der Waals surface area (Å²) in [7, 11) is 0. The van der Waals surface area contributed by atoms with Crippen molar-refractivity contribution in [3.05, 3.63) is 79.4 Å². The number of hydrogen-bond donors (Lipinski definition) is 2. The molecule has 0 amide bonds. The fourth-order valence-corrected chi connectivity index (χ4v) is 3.55. The summed E-state index contributed by atoms with van der Waals surface area (Å²) in [6, 6.07) is 23.4. The lowest BCUT2D eigenvalue weighted by Crippen LogP contribution is -2.11. The summed E-state index contributed by atoms with van der Waals surface area (Å²) < 4.78 is 1.83. The van der Waals surface area contributed by atoms with Crippen molar-refractivity contribution in [3.63, 3.8) is 0 Å². The van der Waals surface area contributed by atoms with Gasteiger partial charge in [-0.1, -0.05) is 48.5 Å². The van der Waals surface area contributed by atoms with Crippen LogP contribution in [-0.2, 0) is 6.54 Å². The molecule has 0 radical (unpaired) electrons. The smallest absolute Gasteiger partial charge is 0.137 e. The van der Waals surface area contributed by atoms with Crippen molar-refractivity contribution in [1.29, 1.82) is 0 Å². The molecule has 0 aliphatic heterocycles. The number of fused-ring (bicyclic) bond motifs is 3. The number of hydrogen-bond acceptors (Lipinski definition) is 3. The minimum Gasteiger partial charge on any atom is -0.383 e. The van der Waals surface area contributed by atoms with E-state index in [1.54, 1.807) is 12.7 Å². The summed E-state index contributed by atoms with van der Waals surface area (Å²) in [5.74, 6) is 0. The molecule has 0 unspecified atom stereocenters. The van der Waals surface area contributed by atoms with E-state index in [9.17, 15) is 0 Å². The van der Waals surface area contributed by atoms with Gasteiger partial charge in [-0.25, -0.2) is 4.98 Å². The van der Waals surface area contributed by atoms with Crippen LogP contribution in [0.25, 0.3) is 32.9 Å². The summed E-state index contributed by atoms with van der Waals surface area (Å²) in [5, 5.41) is 10.2. The predicted octanol–water partition coefficient (Wildman–Crippen LogP) is 4.69. The number of H-pyrrole nitrogens is 1. The molecule has 0 spiro atoms. The number of aromatic nitrogens is 4. The first-order valence-corrected chi connectivity index (χ1v) is 9.05. The molecule has 0 bridgehead atoms. The maximum atomic E-state index is 4.17. The summed E-state index contributed by atoms with van der Waals surface area (Å²) in [4.78, 5) is 7.53. The van der Waals surface area contributed by atoms with Gasteiger partial charge in [0.05, 0.1) is 6.54 Å². The van der Waals surface area contributed by atoms with Crippen molar-refractivity contribution in [2.24, 2.45) is 0 Å². The quantitative estimate of drug-likeness (QED) is 0.482. The molecule has 3 aromatic carbocycles. The minimum absolute atomic E-state index is 0.763. The number of nitrogens with zero attached hydrogens (tertiary/aromatic N) is 3. The van der Waals surface area contributed by atoms with Crippen molar-refractivity contribution in [2.45, 2.75) is 6.54 Å². The zero-order valence-corrected chi connectivity index (χ0v) is 14.8. The average Bonchev–Trinajstić information content (AvgIpc) is 3.35. The summed E-state index contributed by atoms with van der Waals surface area (Å²) in [6.45, 7) is 1.54. The molecule has 27 heavy (non-hydrogen) atoms. The van der Waals surface area contributed by atoms with Crippen LogP contribution in [-0.4, -0.2) is 26.3 Å². The van der Waals surface area contributed by atoms with Crippen molar-refractivity contribution < 1.29 is 0 Å². The van der Waals surface area contributed by atoms with Gasteiger partial charge in [0.25, 0.3) is 0 Å². The van der Waals surface area contributed by atoms with Crippen LogP contribution in [0, 0.1) is 0 Å². The highest BCUT2D eigenvalue weighted by molar-refractivity contribution is 6.10. The van der Waals surface area contributed by atoms with Gasteiger partial charge in [-0.15, -0.1) is 0 Å². The Hall–Kier alpha value is -3.60. The lowest BCUT2D eigenvalue weighted by molar-refractivity contribution is 0.636. The molecule has 0 aliphatic rings. The molecule has 2 N–H and O–H groups in total. The van der Waals surface area contributed by atoms with E-state index < -0.39 is 0 Å². The number of anilines is 1. The number of para-hydroxylation sites is 1. The molecule has 0 fully saturated rings. The van der Waals surface area contributed by atoms with Crippen LogP contribution in [0.1, 0.15) is 0 Å². The van der Waals surface area contributed by atoms with Crippen LogP contribution in [0.2, 0.25) is 0 Å². The monoisotopic (exact) mass is 353 g/mol. The van der Waals surface area contributed by atoms with Gasteiger partial charge < -0.3 is 10.3 Å². The topological polar surface area (TPSA) is 58.5 Å². The van der Waals surface area contributed by atoms with Crippen LogP contribution >= 0.6 is 0 Å². The van der Waals surface area contributed by atoms with Crippen molar-refractivity contribution in [3.8, 4) is 11.1 Å². The Labute approximate surface area is 156 Å². The molecule has 5 aromatic rings. The molecule has 5 rings (SSSR count). The van der Waals surface area contributed by atoms with Gasteiger partial charge >= 0.3 is 0 Å². The summed E-state index contributed by atoms with van der Waals surface area (Å²) in [6.07, 6.45) is 3.30. The third kappa shape index (κ3) is 2.93. The molecular weight excluding hydrogens is 334 g/mol. The number of nitrogens with one attached hydrogen (secondary N) is 2. The number of aromatic amines is 1. The molecule has 2 aromatic heterocycles. The summed E-state index contributed by atoms with van der Waals surface area (Å²) in [5.41, 5.74) is 5.81. The minimum atomic E-state index is 0.763. The van der Waals surface area contributed by atoms with Gasteiger partial charge in [0.2, 0.25) is 0 Å². The molecule has 132 valence electrons. The Bertz CT molecular complexity index is 1190. The van der Waals surface area contributed by atoms with Crippen LogP contribution in [0.3, 0.4) is 0 Å². The van der Waals surface area contributed by atoms with Crippen LogP contribution in [0.5, 0.6) is 0 Å². The Kier molecular flexibility index (Phi) is 3.83. The zero-order chi connectivity index (χ0) is 18.1. The Morgan fingerprint density at radius 3 is 2.59 bits per heavy atom. The molecule has 0 atom stereocenters. The highest BCUT2D eigenvalue weighted by Gasteiger charge is 2.11. The normalized spacial score (nSPS) is 11.3. The van der Waals surface area contributed by atoms with Crippen molar-refractivity contribution in [2.75, 3.05) is 11.9 Å². The summed E-state index contributed by atoms with van der Waals surface area (Å²) >= 11 is 0. The van der Waals surface area contributed by atoms with Gasteiger partial charge in [0.15, 0.2) is 0 Å². The SMILES string of the molecule is c1ccc(-c2cc3c(cc2NCCn2cncn2)[nH]c2ccccc23)cc1. The van der Waals surface area contributed by atoms with E-state index in [-0.39, 0.29) is 0 Å². The van der Waals surface area contributed by atoms with Gasteiger partial charge in [0, 0.05) is 39.6 Å². The molecular formula is C22H19N5. The lowest BCUT2D eigenvalue weighted by atomic mass is 10.0. The van der Waals surface area contributed by atoms with Gasteiger partial charge in [0.1, 0.15) is 12.7 Å². The highest BCUT2D eigenvalue weighted by Crippen LogP contribution is 2.35. The number of benzene rings is 3. The second-order valence-electron chi connectivity index (χ2n) is 6.57. The van der Waals surface area contributed by atoms with E-state index in [1.807, 2.05) is 10.7 Å². The molecule has 5 heteroatoms. The van der Waals surface area contributed by atoms with Gasteiger partial charge in [-0.2, -0.15) is 5.10 Å². The first-order valence-electron chi connectivity index (χ1n) is 9.05. The Morgan fingerprint density at radius 2 is 1.74 bits per heavy atom. The van der Waals surface area contributed by atoms with Crippen LogP contribution in [0.15, 0.2) is 79.4 Å². The first kappa shape index (κ1) is 15.6. The number of rotatable bonds is 5. The Morgan fingerprint density at radius 1 is 0.889 bits per heavy atom. The Balaban J connectivity index is 1.59. The average molecular weight is 353 g/mol. The zero-order valence-electron chi connectivity index (χ0n) is 14.8. The molecule has 0 aliphatic carbocycles. The van der Waals surface area contributed by atoms with Gasteiger partial charge in [-0.3, -0.25) is 4.68 Å². The third-order valence-electron chi connectivity index (χ3n) is 4.85.